The molecule has 0 radical (unpaired) electrons. The third kappa shape index (κ3) is 4.70. The van der Waals surface area contributed by atoms with Gasteiger partial charge in [0.25, 0.3) is 0 Å². The number of aliphatic imine (C=N–C) groups is 1. The molecule has 0 fully saturated rings. The Morgan fingerprint density at radius 3 is 2.39 bits per heavy atom. The van der Waals surface area contributed by atoms with E-state index in [1.54, 1.807) is 24.3 Å². The Balaban J connectivity index is 1.45. The lowest BCUT2D eigenvalue weighted by atomic mass is 9.99. The number of amides is 1. The number of imidazole rings is 1. The van der Waals surface area contributed by atoms with Gasteiger partial charge < -0.3 is 9.67 Å². The van der Waals surface area contributed by atoms with Gasteiger partial charge in [-0.1, -0.05) is 29.8 Å². The number of carbonyl (C=O) groups is 1. The maximum Gasteiger partial charge on any atom is 0.434 e. The van der Waals surface area contributed by atoms with Crippen molar-refractivity contribution in [2.75, 3.05) is 6.54 Å². The van der Waals surface area contributed by atoms with Crippen molar-refractivity contribution in [3.63, 3.8) is 0 Å². The minimum absolute atomic E-state index is 0.214. The van der Waals surface area contributed by atoms with Crippen LogP contribution < -0.4 is 0 Å². The highest BCUT2D eigenvalue weighted by atomic mass is 19.4. The zero-order chi connectivity index (χ0) is 27.4. The summed E-state index contributed by atoms with van der Waals surface area (Å²) in [6, 6.07) is 7.02. The molecule has 12 heteroatoms. The summed E-state index contributed by atoms with van der Waals surface area (Å²) in [7, 11) is 1.52. The van der Waals surface area contributed by atoms with Gasteiger partial charge in [0, 0.05) is 36.5 Å². The standard InChI is InChI=1S/C26H28F3N7O2/c1-25(2,3)36(24(37)38)23-21-20-16(11-12-30-23)9-10-18(20)32-35(33-21)13-15-5-7-17(8-6-15)22-31-19(14-34(22)4)26(27,28)29/h5-8,14H,9-13H2,1-4H3,(H,37,38). The topological polar surface area (TPSA) is 98.7 Å². The van der Waals surface area contributed by atoms with Crippen LogP contribution in [0, 0.1) is 0 Å². The maximum absolute atomic E-state index is 13.1. The van der Waals surface area contributed by atoms with Gasteiger partial charge in [0.2, 0.25) is 0 Å². The number of aromatic nitrogens is 2. The molecule has 38 heavy (non-hydrogen) atoms. The molecule has 3 aliphatic rings. The van der Waals surface area contributed by atoms with Gasteiger partial charge >= 0.3 is 12.3 Å². The van der Waals surface area contributed by atoms with Gasteiger partial charge in [-0.15, -0.1) is 0 Å². The molecular weight excluding hydrogens is 499 g/mol. The molecule has 3 heterocycles. The predicted octanol–water partition coefficient (Wildman–Crippen LogP) is 5.30. The lowest BCUT2D eigenvalue weighted by Crippen LogP contribution is -2.52. The average Bonchev–Trinajstić information content (AvgIpc) is 3.36. The molecule has 1 aromatic heterocycles. The van der Waals surface area contributed by atoms with E-state index < -0.39 is 23.5 Å². The second-order valence-corrected chi connectivity index (χ2v) is 10.5. The number of carboxylic acid groups (broad SMARTS) is 1. The molecule has 2 aromatic rings. The zero-order valence-electron chi connectivity index (χ0n) is 21.5. The fourth-order valence-electron chi connectivity index (χ4n) is 4.97. The van der Waals surface area contributed by atoms with Crippen molar-refractivity contribution in [3.05, 3.63) is 52.9 Å². The number of rotatable bonds is 3. The normalized spacial score (nSPS) is 17.6. The minimum Gasteiger partial charge on any atom is -0.465 e. The highest BCUT2D eigenvalue weighted by molar-refractivity contribution is 6.55. The molecule has 1 amide bonds. The van der Waals surface area contributed by atoms with Gasteiger partial charge in [-0.3, -0.25) is 9.89 Å². The Bertz CT molecular complexity index is 1410. The number of hydrogen-bond acceptors (Lipinski definition) is 6. The summed E-state index contributed by atoms with van der Waals surface area (Å²) < 4.78 is 40.5. The second kappa shape index (κ2) is 9.10. The van der Waals surface area contributed by atoms with E-state index in [2.05, 4.69) is 9.98 Å². The monoisotopic (exact) mass is 527 g/mol. The molecule has 0 spiro atoms. The minimum atomic E-state index is -4.51. The van der Waals surface area contributed by atoms with E-state index in [0.717, 1.165) is 42.3 Å². The Morgan fingerprint density at radius 2 is 1.79 bits per heavy atom. The number of amidine groups is 1. The van der Waals surface area contributed by atoms with Crippen LogP contribution in [-0.4, -0.2) is 60.1 Å². The van der Waals surface area contributed by atoms with E-state index in [1.165, 1.54) is 27.2 Å². The number of hydrazone groups is 2. The van der Waals surface area contributed by atoms with Gasteiger partial charge in [-0.05, 0) is 45.6 Å². The number of hydrogen-bond donors (Lipinski definition) is 1. The van der Waals surface area contributed by atoms with Crippen LogP contribution in [-0.2, 0) is 19.8 Å². The number of nitrogens with zero attached hydrogens (tertiary/aromatic N) is 7. The first-order valence-corrected chi connectivity index (χ1v) is 12.3. The molecule has 0 saturated carbocycles. The fraction of sp³-hybridized carbons (Fsp3) is 0.423. The summed E-state index contributed by atoms with van der Waals surface area (Å²) in [5, 5.41) is 21.1. The third-order valence-electron chi connectivity index (χ3n) is 6.66. The van der Waals surface area contributed by atoms with Crippen molar-refractivity contribution in [2.24, 2.45) is 22.2 Å². The lowest BCUT2D eigenvalue weighted by molar-refractivity contribution is -0.140. The maximum atomic E-state index is 13.1. The number of benzene rings is 1. The van der Waals surface area contributed by atoms with Crippen molar-refractivity contribution in [1.82, 2.24) is 19.6 Å². The van der Waals surface area contributed by atoms with E-state index in [1.807, 2.05) is 20.8 Å². The van der Waals surface area contributed by atoms with Crippen molar-refractivity contribution in [1.29, 1.82) is 0 Å². The molecule has 1 aromatic carbocycles. The van der Waals surface area contributed by atoms with Gasteiger partial charge in [-0.2, -0.15) is 28.5 Å². The van der Waals surface area contributed by atoms with Crippen LogP contribution in [0.4, 0.5) is 18.0 Å². The molecule has 0 bridgehead atoms. The summed E-state index contributed by atoms with van der Waals surface area (Å²) in [5.74, 6) is 0.533. The van der Waals surface area contributed by atoms with Crippen LogP contribution in [0.3, 0.4) is 0 Å². The Labute approximate surface area is 217 Å². The summed E-state index contributed by atoms with van der Waals surface area (Å²) in [5.41, 5.74) is 3.18. The molecular formula is C26H28F3N7O2. The first-order chi connectivity index (χ1) is 17.8. The molecule has 5 rings (SSSR count). The van der Waals surface area contributed by atoms with Crippen molar-refractivity contribution in [3.8, 4) is 11.4 Å². The largest absolute Gasteiger partial charge is 0.465 e. The Kier molecular flexibility index (Phi) is 6.15. The summed E-state index contributed by atoms with van der Waals surface area (Å²) in [6.45, 7) is 6.21. The van der Waals surface area contributed by atoms with E-state index in [-0.39, 0.29) is 5.82 Å². The van der Waals surface area contributed by atoms with Gasteiger partial charge in [0.05, 0.1) is 12.3 Å². The number of halogens is 3. The third-order valence-corrected chi connectivity index (χ3v) is 6.66. The number of aryl methyl sites for hydroxylation is 1. The van der Waals surface area contributed by atoms with Crippen LogP contribution in [0.5, 0.6) is 0 Å². The van der Waals surface area contributed by atoms with Crippen LogP contribution in [0.15, 0.2) is 56.8 Å². The predicted molar refractivity (Wildman–Crippen MR) is 137 cm³/mol. The van der Waals surface area contributed by atoms with E-state index >= 15 is 0 Å². The smallest absolute Gasteiger partial charge is 0.434 e. The molecule has 200 valence electrons. The highest BCUT2D eigenvalue weighted by Crippen LogP contribution is 2.35. The van der Waals surface area contributed by atoms with Crippen molar-refractivity contribution >= 4 is 23.4 Å². The molecule has 0 unspecified atom stereocenters. The molecule has 1 aliphatic carbocycles. The number of alkyl halides is 3. The molecule has 0 saturated heterocycles. The molecule has 0 atom stereocenters. The van der Waals surface area contributed by atoms with Crippen LogP contribution in [0.1, 0.15) is 51.3 Å². The quantitative estimate of drug-likeness (QED) is 0.585. The zero-order valence-corrected chi connectivity index (χ0v) is 21.5. The molecule has 9 nitrogen and oxygen atoms in total. The average molecular weight is 528 g/mol. The van der Waals surface area contributed by atoms with Crippen LogP contribution in [0.2, 0.25) is 0 Å². The summed E-state index contributed by atoms with van der Waals surface area (Å²) >= 11 is 0. The highest BCUT2D eigenvalue weighted by Gasteiger charge is 2.40. The Morgan fingerprint density at radius 1 is 1.08 bits per heavy atom. The first-order valence-electron chi connectivity index (χ1n) is 12.3. The Hall–Kier alpha value is -3.96. The first kappa shape index (κ1) is 25.7. The summed E-state index contributed by atoms with van der Waals surface area (Å²) in [4.78, 5) is 21.9. The van der Waals surface area contributed by atoms with Gasteiger partial charge in [0.15, 0.2) is 11.5 Å². The van der Waals surface area contributed by atoms with E-state index in [0.29, 0.717) is 30.2 Å². The van der Waals surface area contributed by atoms with Crippen LogP contribution >= 0.6 is 0 Å². The lowest BCUT2D eigenvalue weighted by Gasteiger charge is -2.35. The van der Waals surface area contributed by atoms with E-state index in [9.17, 15) is 23.1 Å². The van der Waals surface area contributed by atoms with Gasteiger partial charge in [0.1, 0.15) is 11.5 Å². The van der Waals surface area contributed by atoms with Crippen molar-refractivity contribution < 1.29 is 23.1 Å². The van der Waals surface area contributed by atoms with Crippen molar-refractivity contribution in [2.45, 2.75) is 58.3 Å². The fourth-order valence-corrected chi connectivity index (χ4v) is 4.97. The molecule has 2 aliphatic heterocycles. The molecule has 1 N–H and O–H groups in total. The summed E-state index contributed by atoms with van der Waals surface area (Å²) in [6.07, 6.45) is -2.33. The SMILES string of the molecule is Cn1cc(C(F)(F)F)nc1-c1ccc(CN2N=C3CCC4=C3C(=N2)C(N(C(=O)O)C(C)(C)C)=NCC4)cc1. The van der Waals surface area contributed by atoms with Crippen LogP contribution in [0.25, 0.3) is 11.4 Å². The van der Waals surface area contributed by atoms with Gasteiger partial charge in [-0.25, -0.2) is 9.78 Å². The van der Waals surface area contributed by atoms with E-state index in [4.69, 9.17) is 10.2 Å². The second-order valence-electron chi connectivity index (χ2n) is 10.5.